The lowest BCUT2D eigenvalue weighted by Gasteiger charge is -2.16. The summed E-state index contributed by atoms with van der Waals surface area (Å²) in [7, 11) is 0. The number of amides is 1. The molecule has 126 valence electrons. The number of halogens is 1. The summed E-state index contributed by atoms with van der Waals surface area (Å²) in [5.41, 5.74) is 2.35. The average Bonchev–Trinajstić information content (AvgIpc) is 3.32. The Labute approximate surface area is 144 Å². The second-order valence-electron chi connectivity index (χ2n) is 6.15. The Balaban J connectivity index is 1.47. The lowest BCUT2D eigenvalue weighted by Crippen LogP contribution is -2.29. The molecule has 2 aromatic carbocycles. The molecule has 0 spiro atoms. The second-order valence-corrected chi connectivity index (χ2v) is 6.15. The van der Waals surface area contributed by atoms with Crippen molar-refractivity contribution in [3.05, 3.63) is 72.2 Å². The predicted octanol–water partition coefficient (Wildman–Crippen LogP) is 3.17. The van der Waals surface area contributed by atoms with Crippen molar-refractivity contribution in [2.75, 3.05) is 13.1 Å². The molecule has 1 aliphatic heterocycles. The molecule has 1 fully saturated rings. The zero-order valence-corrected chi connectivity index (χ0v) is 13.5. The van der Waals surface area contributed by atoms with E-state index in [9.17, 15) is 9.18 Å². The van der Waals surface area contributed by atoms with Crippen LogP contribution < -0.4 is 0 Å². The van der Waals surface area contributed by atoms with E-state index >= 15 is 0 Å². The molecule has 1 unspecified atom stereocenters. The van der Waals surface area contributed by atoms with Crippen molar-refractivity contribution in [1.82, 2.24) is 19.9 Å². The number of carbonyl (C=O) groups is 1. The zero-order chi connectivity index (χ0) is 17.2. The number of likely N-dealkylation sites (tertiary alicyclic amines) is 1. The third-order valence-electron chi connectivity index (χ3n) is 4.50. The SMILES string of the molecule is O=C(c1ccc(F)cc1)N1CCC(n2cc(-c3ccccc3)nn2)C1. The van der Waals surface area contributed by atoms with E-state index in [2.05, 4.69) is 10.3 Å². The topological polar surface area (TPSA) is 51.0 Å². The molecule has 0 radical (unpaired) electrons. The molecule has 0 aliphatic carbocycles. The molecule has 0 bridgehead atoms. The van der Waals surface area contributed by atoms with E-state index in [1.54, 1.807) is 4.90 Å². The molecule has 6 heteroatoms. The molecule has 0 N–H and O–H groups in total. The maximum Gasteiger partial charge on any atom is 0.253 e. The molecule has 5 nitrogen and oxygen atoms in total. The van der Waals surface area contributed by atoms with Crippen molar-refractivity contribution in [2.45, 2.75) is 12.5 Å². The smallest absolute Gasteiger partial charge is 0.253 e. The summed E-state index contributed by atoms with van der Waals surface area (Å²) in [4.78, 5) is 14.3. The normalized spacial score (nSPS) is 17.0. The highest BCUT2D eigenvalue weighted by atomic mass is 19.1. The van der Waals surface area contributed by atoms with Crippen molar-refractivity contribution in [3.63, 3.8) is 0 Å². The van der Waals surface area contributed by atoms with Crippen LogP contribution in [0.25, 0.3) is 11.3 Å². The molecular weight excluding hydrogens is 319 g/mol. The molecular formula is C19H17FN4O. The van der Waals surface area contributed by atoms with Crippen LogP contribution in [0.4, 0.5) is 4.39 Å². The molecule has 2 heterocycles. The van der Waals surface area contributed by atoms with E-state index in [-0.39, 0.29) is 17.8 Å². The summed E-state index contributed by atoms with van der Waals surface area (Å²) < 4.78 is 14.8. The second kappa shape index (κ2) is 6.47. The summed E-state index contributed by atoms with van der Waals surface area (Å²) in [6.45, 7) is 1.23. The van der Waals surface area contributed by atoms with Gasteiger partial charge in [-0.1, -0.05) is 35.5 Å². The van der Waals surface area contributed by atoms with E-state index in [1.165, 1.54) is 24.3 Å². The zero-order valence-electron chi connectivity index (χ0n) is 13.5. The van der Waals surface area contributed by atoms with Crippen molar-refractivity contribution >= 4 is 5.91 Å². The van der Waals surface area contributed by atoms with Gasteiger partial charge in [0, 0.05) is 24.2 Å². The number of carbonyl (C=O) groups excluding carboxylic acids is 1. The predicted molar refractivity (Wildman–Crippen MR) is 91.4 cm³/mol. The fourth-order valence-corrected chi connectivity index (χ4v) is 3.11. The number of aromatic nitrogens is 3. The van der Waals surface area contributed by atoms with Gasteiger partial charge in [0.2, 0.25) is 0 Å². The average molecular weight is 336 g/mol. The van der Waals surface area contributed by atoms with Crippen LogP contribution in [0.2, 0.25) is 0 Å². The molecule has 1 aliphatic rings. The third kappa shape index (κ3) is 3.15. The number of hydrogen-bond acceptors (Lipinski definition) is 3. The molecule has 0 saturated carbocycles. The summed E-state index contributed by atoms with van der Waals surface area (Å²) in [5.74, 6) is -0.419. The Morgan fingerprint density at radius 2 is 1.84 bits per heavy atom. The first-order valence-corrected chi connectivity index (χ1v) is 8.23. The quantitative estimate of drug-likeness (QED) is 0.738. The van der Waals surface area contributed by atoms with Crippen molar-refractivity contribution in [2.24, 2.45) is 0 Å². The van der Waals surface area contributed by atoms with Crippen LogP contribution in [0.3, 0.4) is 0 Å². The Kier molecular flexibility index (Phi) is 4.01. The van der Waals surface area contributed by atoms with Crippen molar-refractivity contribution in [1.29, 1.82) is 0 Å². The summed E-state index contributed by atoms with van der Waals surface area (Å²) in [5, 5.41) is 8.47. The molecule has 3 aromatic rings. The Morgan fingerprint density at radius 3 is 2.60 bits per heavy atom. The standard InChI is InChI=1S/C19H17FN4O/c20-16-8-6-15(7-9-16)19(25)23-11-10-17(12-23)24-13-18(21-22-24)14-4-2-1-3-5-14/h1-9,13,17H,10-12H2. The van der Waals surface area contributed by atoms with Gasteiger partial charge in [0.05, 0.1) is 12.2 Å². The highest BCUT2D eigenvalue weighted by Gasteiger charge is 2.29. The van der Waals surface area contributed by atoms with Gasteiger partial charge in [-0.2, -0.15) is 0 Å². The van der Waals surface area contributed by atoms with Gasteiger partial charge in [-0.25, -0.2) is 9.07 Å². The number of benzene rings is 2. The number of hydrogen-bond donors (Lipinski definition) is 0. The number of rotatable bonds is 3. The van der Waals surface area contributed by atoms with E-state index in [0.29, 0.717) is 18.7 Å². The minimum atomic E-state index is -0.341. The maximum atomic E-state index is 13.0. The van der Waals surface area contributed by atoms with Gasteiger partial charge in [0.25, 0.3) is 5.91 Å². The van der Waals surface area contributed by atoms with Crippen molar-refractivity contribution < 1.29 is 9.18 Å². The first kappa shape index (κ1) is 15.5. The molecule has 1 amide bonds. The molecule has 1 aromatic heterocycles. The Morgan fingerprint density at radius 1 is 1.08 bits per heavy atom. The van der Waals surface area contributed by atoms with Gasteiger partial charge in [-0.05, 0) is 30.7 Å². The van der Waals surface area contributed by atoms with Gasteiger partial charge < -0.3 is 4.90 Å². The Bertz CT molecular complexity index is 876. The molecule has 25 heavy (non-hydrogen) atoms. The highest BCUT2D eigenvalue weighted by Crippen LogP contribution is 2.24. The van der Waals surface area contributed by atoms with Gasteiger partial charge in [0.15, 0.2) is 0 Å². The maximum absolute atomic E-state index is 13.0. The van der Waals surface area contributed by atoms with Crippen LogP contribution in [0.5, 0.6) is 0 Å². The first-order valence-electron chi connectivity index (χ1n) is 8.23. The van der Waals surface area contributed by atoms with E-state index in [0.717, 1.165) is 17.7 Å². The minimum absolute atomic E-state index is 0.0779. The Hall–Kier alpha value is -3.02. The molecule has 1 saturated heterocycles. The fourth-order valence-electron chi connectivity index (χ4n) is 3.11. The van der Waals surface area contributed by atoms with Crippen LogP contribution in [-0.4, -0.2) is 38.9 Å². The van der Waals surface area contributed by atoms with Gasteiger partial charge >= 0.3 is 0 Å². The van der Waals surface area contributed by atoms with Crippen LogP contribution in [0.15, 0.2) is 60.8 Å². The third-order valence-corrected chi connectivity index (χ3v) is 4.50. The van der Waals surface area contributed by atoms with Crippen LogP contribution in [-0.2, 0) is 0 Å². The number of nitrogens with zero attached hydrogens (tertiary/aromatic N) is 4. The van der Waals surface area contributed by atoms with Gasteiger partial charge in [-0.3, -0.25) is 4.79 Å². The van der Waals surface area contributed by atoms with Gasteiger partial charge in [0.1, 0.15) is 11.5 Å². The fraction of sp³-hybridized carbons (Fsp3) is 0.211. The summed E-state index contributed by atoms with van der Waals surface area (Å²) in [6.07, 6.45) is 2.75. The lowest BCUT2D eigenvalue weighted by atomic mass is 10.2. The highest BCUT2D eigenvalue weighted by molar-refractivity contribution is 5.94. The molecule has 1 atom stereocenters. The summed E-state index contributed by atoms with van der Waals surface area (Å²) >= 11 is 0. The van der Waals surface area contributed by atoms with Crippen LogP contribution in [0, 0.1) is 5.82 Å². The minimum Gasteiger partial charge on any atom is -0.336 e. The molecule has 4 rings (SSSR count). The van der Waals surface area contributed by atoms with Crippen LogP contribution >= 0.6 is 0 Å². The van der Waals surface area contributed by atoms with E-state index in [1.807, 2.05) is 41.2 Å². The van der Waals surface area contributed by atoms with E-state index in [4.69, 9.17) is 0 Å². The largest absolute Gasteiger partial charge is 0.336 e. The van der Waals surface area contributed by atoms with Crippen molar-refractivity contribution in [3.8, 4) is 11.3 Å². The van der Waals surface area contributed by atoms with Crippen LogP contribution in [0.1, 0.15) is 22.8 Å². The lowest BCUT2D eigenvalue weighted by molar-refractivity contribution is 0.0787. The monoisotopic (exact) mass is 336 g/mol. The summed E-state index contributed by atoms with van der Waals surface area (Å²) in [6, 6.07) is 15.6. The van der Waals surface area contributed by atoms with Gasteiger partial charge in [-0.15, -0.1) is 5.10 Å². The first-order chi connectivity index (χ1) is 12.2. The van der Waals surface area contributed by atoms with E-state index < -0.39 is 0 Å².